The molecule has 3 heterocycles. The van der Waals surface area contributed by atoms with Gasteiger partial charge in [-0.05, 0) is 50.5 Å². The van der Waals surface area contributed by atoms with Crippen LogP contribution in [0.5, 0.6) is 0 Å². The summed E-state index contributed by atoms with van der Waals surface area (Å²) < 4.78 is 7.91. The molecular formula is C21H21Cl2N3O4S. The van der Waals surface area contributed by atoms with Crippen LogP contribution in [-0.4, -0.2) is 34.3 Å². The van der Waals surface area contributed by atoms with Gasteiger partial charge in [0.1, 0.15) is 11.4 Å². The molecule has 2 aromatic heterocycles. The number of nitrogens with one attached hydrogen (secondary N) is 1. The van der Waals surface area contributed by atoms with E-state index < -0.39 is 11.2 Å². The van der Waals surface area contributed by atoms with Gasteiger partial charge < -0.3 is 10.1 Å². The second kappa shape index (κ2) is 8.78. The van der Waals surface area contributed by atoms with Gasteiger partial charge in [0.25, 0.3) is 5.56 Å². The minimum absolute atomic E-state index is 0.00270. The average Bonchev–Trinajstić information content (AvgIpc) is 3.35. The van der Waals surface area contributed by atoms with E-state index in [9.17, 15) is 14.4 Å². The Morgan fingerprint density at radius 3 is 2.71 bits per heavy atom. The molecule has 4 rings (SSSR count). The van der Waals surface area contributed by atoms with Gasteiger partial charge in [0.15, 0.2) is 0 Å². The maximum atomic E-state index is 13.4. The van der Waals surface area contributed by atoms with Crippen LogP contribution in [0.4, 0.5) is 0 Å². The van der Waals surface area contributed by atoms with Crippen LogP contribution in [0.1, 0.15) is 23.3 Å². The number of benzene rings is 1. The molecule has 0 saturated carbocycles. The normalized spacial score (nSPS) is 16.2. The predicted molar refractivity (Wildman–Crippen MR) is 123 cm³/mol. The van der Waals surface area contributed by atoms with Crippen LogP contribution in [0.3, 0.4) is 0 Å². The molecule has 0 aliphatic carbocycles. The number of thiophene rings is 1. The summed E-state index contributed by atoms with van der Waals surface area (Å²) in [6.45, 7) is 4.61. The largest absolute Gasteiger partial charge is 0.376 e. The fourth-order valence-corrected chi connectivity index (χ4v) is 5.11. The van der Waals surface area contributed by atoms with Crippen LogP contribution in [0.2, 0.25) is 10.0 Å². The standard InChI is InChI=1S/C21H21Cl2N3O4S/c1-11-12(2)31-20-18(11)19(28)26(13-5-6-15(22)16(23)8-13)21(29)25(20)10-17(27)24-9-14-4-3-7-30-14/h5-6,8,14H,3-4,7,9-10H2,1-2H3,(H,24,27)/t14-/m0/s1. The lowest BCUT2D eigenvalue weighted by Crippen LogP contribution is -2.42. The van der Waals surface area contributed by atoms with Crippen molar-refractivity contribution in [2.24, 2.45) is 0 Å². The number of fused-ring (bicyclic) bond motifs is 1. The molecule has 164 valence electrons. The molecule has 1 N–H and O–H groups in total. The number of aromatic nitrogens is 2. The predicted octanol–water partition coefficient (Wildman–Crippen LogP) is 3.43. The highest BCUT2D eigenvalue weighted by atomic mass is 35.5. The van der Waals surface area contributed by atoms with Crippen LogP contribution in [0, 0.1) is 13.8 Å². The Morgan fingerprint density at radius 1 is 1.26 bits per heavy atom. The van der Waals surface area contributed by atoms with Crippen molar-refractivity contribution in [1.29, 1.82) is 0 Å². The van der Waals surface area contributed by atoms with Gasteiger partial charge in [-0.15, -0.1) is 11.3 Å². The topological polar surface area (TPSA) is 82.3 Å². The summed E-state index contributed by atoms with van der Waals surface area (Å²) in [4.78, 5) is 40.7. The summed E-state index contributed by atoms with van der Waals surface area (Å²) in [6.07, 6.45) is 1.87. The molecule has 0 unspecified atom stereocenters. The van der Waals surface area contributed by atoms with E-state index in [1.807, 2.05) is 13.8 Å². The van der Waals surface area contributed by atoms with E-state index in [1.54, 1.807) is 6.07 Å². The molecule has 3 aromatic rings. The lowest BCUT2D eigenvalue weighted by atomic mass is 10.2. The molecule has 7 nitrogen and oxygen atoms in total. The highest BCUT2D eigenvalue weighted by Crippen LogP contribution is 2.28. The van der Waals surface area contributed by atoms with Crippen LogP contribution in [-0.2, 0) is 16.1 Å². The zero-order chi connectivity index (χ0) is 22.3. The Hall–Kier alpha value is -2.13. The van der Waals surface area contributed by atoms with Crippen LogP contribution in [0.25, 0.3) is 15.9 Å². The zero-order valence-corrected chi connectivity index (χ0v) is 19.4. The SMILES string of the molecule is Cc1sc2c(c1C)c(=O)n(-c1ccc(Cl)c(Cl)c1)c(=O)n2CC(=O)NC[C@@H]1CCCO1. The molecule has 1 aliphatic rings. The van der Waals surface area contributed by atoms with Crippen molar-refractivity contribution in [2.75, 3.05) is 13.2 Å². The third kappa shape index (κ3) is 4.17. The number of carbonyl (C=O) groups excluding carboxylic acids is 1. The van der Waals surface area contributed by atoms with Gasteiger partial charge in [0, 0.05) is 18.0 Å². The van der Waals surface area contributed by atoms with Crippen molar-refractivity contribution in [3.05, 3.63) is 59.5 Å². The second-order valence-electron chi connectivity index (χ2n) is 7.51. The van der Waals surface area contributed by atoms with Gasteiger partial charge in [0.05, 0.1) is 27.2 Å². The number of amides is 1. The molecule has 1 fully saturated rings. The first-order valence-electron chi connectivity index (χ1n) is 9.87. The van der Waals surface area contributed by atoms with Gasteiger partial charge in [-0.3, -0.25) is 14.2 Å². The fraction of sp³-hybridized carbons (Fsp3) is 0.381. The minimum Gasteiger partial charge on any atom is -0.376 e. The Bertz CT molecular complexity index is 1290. The van der Waals surface area contributed by atoms with E-state index in [2.05, 4.69) is 5.32 Å². The third-order valence-electron chi connectivity index (χ3n) is 5.47. The molecular weight excluding hydrogens is 461 g/mol. The molecule has 1 saturated heterocycles. The number of ether oxygens (including phenoxy) is 1. The lowest BCUT2D eigenvalue weighted by molar-refractivity contribution is -0.122. The number of aryl methyl sites for hydroxylation is 2. The summed E-state index contributed by atoms with van der Waals surface area (Å²) in [7, 11) is 0. The van der Waals surface area contributed by atoms with Crippen LogP contribution < -0.4 is 16.6 Å². The number of hydrogen-bond acceptors (Lipinski definition) is 5. The van der Waals surface area contributed by atoms with Crippen molar-refractivity contribution in [3.8, 4) is 5.69 Å². The number of carbonyl (C=O) groups is 1. The molecule has 1 aliphatic heterocycles. The molecule has 1 aromatic carbocycles. The van der Waals surface area contributed by atoms with Crippen molar-refractivity contribution in [1.82, 2.24) is 14.5 Å². The Kier molecular flexibility index (Phi) is 6.25. The number of nitrogens with zero attached hydrogens (tertiary/aromatic N) is 2. The van der Waals surface area contributed by atoms with E-state index in [-0.39, 0.29) is 23.6 Å². The van der Waals surface area contributed by atoms with E-state index in [0.717, 1.165) is 27.8 Å². The minimum atomic E-state index is -0.607. The highest BCUT2D eigenvalue weighted by molar-refractivity contribution is 7.18. The van der Waals surface area contributed by atoms with E-state index in [1.165, 1.54) is 28.0 Å². The third-order valence-corrected chi connectivity index (χ3v) is 7.43. The van der Waals surface area contributed by atoms with Gasteiger partial charge in [-0.1, -0.05) is 23.2 Å². The fourth-order valence-electron chi connectivity index (χ4n) is 3.68. The molecule has 10 heteroatoms. The van der Waals surface area contributed by atoms with E-state index in [0.29, 0.717) is 34.1 Å². The smallest absolute Gasteiger partial charge is 0.337 e. The van der Waals surface area contributed by atoms with Crippen molar-refractivity contribution in [3.63, 3.8) is 0 Å². The first kappa shape index (κ1) is 22.1. The summed E-state index contributed by atoms with van der Waals surface area (Å²) in [5.74, 6) is -0.318. The zero-order valence-electron chi connectivity index (χ0n) is 17.0. The first-order valence-corrected chi connectivity index (χ1v) is 11.4. The van der Waals surface area contributed by atoms with Crippen LogP contribution in [0.15, 0.2) is 27.8 Å². The number of halogens is 2. The average molecular weight is 482 g/mol. The first-order chi connectivity index (χ1) is 14.8. The monoisotopic (exact) mass is 481 g/mol. The molecule has 31 heavy (non-hydrogen) atoms. The molecule has 0 radical (unpaired) electrons. The summed E-state index contributed by atoms with van der Waals surface area (Å²) >= 11 is 13.4. The van der Waals surface area contributed by atoms with Gasteiger partial charge >= 0.3 is 5.69 Å². The van der Waals surface area contributed by atoms with Gasteiger partial charge in [0.2, 0.25) is 5.91 Å². The second-order valence-corrected chi connectivity index (χ2v) is 9.53. The maximum absolute atomic E-state index is 13.4. The quantitative estimate of drug-likeness (QED) is 0.604. The maximum Gasteiger partial charge on any atom is 0.337 e. The van der Waals surface area contributed by atoms with Crippen molar-refractivity contribution >= 4 is 50.7 Å². The summed E-state index contributed by atoms with van der Waals surface area (Å²) in [5.41, 5.74) is 0.0241. The Morgan fingerprint density at radius 2 is 2.03 bits per heavy atom. The molecule has 1 atom stereocenters. The van der Waals surface area contributed by atoms with Crippen molar-refractivity contribution in [2.45, 2.75) is 39.3 Å². The molecule has 1 amide bonds. The molecule has 0 bridgehead atoms. The van der Waals surface area contributed by atoms with E-state index >= 15 is 0 Å². The van der Waals surface area contributed by atoms with Crippen molar-refractivity contribution < 1.29 is 9.53 Å². The lowest BCUT2D eigenvalue weighted by Gasteiger charge is -2.14. The Labute approximate surface area is 192 Å². The van der Waals surface area contributed by atoms with Gasteiger partial charge in [-0.25, -0.2) is 9.36 Å². The van der Waals surface area contributed by atoms with Crippen LogP contribution >= 0.6 is 34.5 Å². The molecule has 0 spiro atoms. The number of rotatable bonds is 5. The Balaban J connectivity index is 1.81. The van der Waals surface area contributed by atoms with E-state index in [4.69, 9.17) is 27.9 Å². The summed E-state index contributed by atoms with van der Waals surface area (Å²) in [5, 5.41) is 3.79. The van der Waals surface area contributed by atoms with Gasteiger partial charge in [-0.2, -0.15) is 0 Å². The highest BCUT2D eigenvalue weighted by Gasteiger charge is 2.22. The summed E-state index contributed by atoms with van der Waals surface area (Å²) in [6, 6.07) is 4.55. The number of hydrogen-bond donors (Lipinski definition) is 1.